The van der Waals surface area contributed by atoms with Gasteiger partial charge >= 0.3 is 0 Å². The Morgan fingerprint density at radius 2 is 1.56 bits per heavy atom. The fourth-order valence-corrected chi connectivity index (χ4v) is 4.12. The van der Waals surface area contributed by atoms with E-state index in [4.69, 9.17) is 0 Å². The summed E-state index contributed by atoms with van der Waals surface area (Å²) in [4.78, 5) is 4.61. The molecule has 0 bridgehead atoms. The van der Waals surface area contributed by atoms with E-state index in [1.54, 1.807) is 18.3 Å². The van der Waals surface area contributed by atoms with Crippen LogP contribution in [-0.4, -0.2) is 13.4 Å². The first-order valence-electron chi connectivity index (χ1n) is 9.09. The summed E-state index contributed by atoms with van der Waals surface area (Å²) in [6.07, 6.45) is 2.68. The Hall–Kier alpha value is -2.50. The summed E-state index contributed by atoms with van der Waals surface area (Å²) in [7, 11) is -3.69. The third-order valence-electron chi connectivity index (χ3n) is 4.76. The number of pyridine rings is 1. The second kappa shape index (κ2) is 8.46. The standard InChI is InChI=1S/C22H24N2O2S/c1-3-17(2)18-12-14-20(15-13-18)27(25,26)24-22(19-9-5-4-6-10-19)21-11-7-8-16-23-21/h4-17,22,24H,3H2,1-2H3/t17-,22-/m1/s1. The maximum atomic E-state index is 13.0. The maximum Gasteiger partial charge on any atom is 0.241 e. The van der Waals surface area contributed by atoms with E-state index < -0.39 is 16.1 Å². The molecule has 0 aliphatic rings. The van der Waals surface area contributed by atoms with Crippen LogP contribution in [0.3, 0.4) is 0 Å². The van der Waals surface area contributed by atoms with Gasteiger partial charge in [-0.2, -0.15) is 4.72 Å². The first-order chi connectivity index (χ1) is 13.0. The monoisotopic (exact) mass is 380 g/mol. The Morgan fingerprint density at radius 1 is 0.889 bits per heavy atom. The van der Waals surface area contributed by atoms with Crippen molar-refractivity contribution >= 4 is 10.0 Å². The van der Waals surface area contributed by atoms with Crippen LogP contribution in [0.2, 0.25) is 0 Å². The van der Waals surface area contributed by atoms with Crippen LogP contribution in [0, 0.1) is 0 Å². The van der Waals surface area contributed by atoms with E-state index in [2.05, 4.69) is 23.6 Å². The van der Waals surface area contributed by atoms with Crippen molar-refractivity contribution in [3.05, 3.63) is 95.8 Å². The predicted octanol–water partition coefficient (Wildman–Crippen LogP) is 4.66. The van der Waals surface area contributed by atoms with E-state index in [-0.39, 0.29) is 4.90 Å². The molecule has 0 spiro atoms. The van der Waals surface area contributed by atoms with Crippen molar-refractivity contribution in [1.82, 2.24) is 9.71 Å². The molecular weight excluding hydrogens is 356 g/mol. The van der Waals surface area contributed by atoms with Gasteiger partial charge in [0.05, 0.1) is 16.6 Å². The maximum absolute atomic E-state index is 13.0. The zero-order chi connectivity index (χ0) is 19.3. The van der Waals surface area contributed by atoms with E-state index in [1.807, 2.05) is 60.7 Å². The van der Waals surface area contributed by atoms with Gasteiger partial charge in [-0.1, -0.05) is 62.4 Å². The van der Waals surface area contributed by atoms with Gasteiger partial charge in [0.1, 0.15) is 0 Å². The van der Waals surface area contributed by atoms with Gasteiger partial charge in [-0.15, -0.1) is 0 Å². The Labute approximate surface area is 161 Å². The summed E-state index contributed by atoms with van der Waals surface area (Å²) in [6.45, 7) is 4.25. The third-order valence-corrected chi connectivity index (χ3v) is 6.20. The van der Waals surface area contributed by atoms with Gasteiger partial charge in [-0.3, -0.25) is 4.98 Å². The summed E-state index contributed by atoms with van der Waals surface area (Å²) in [5, 5.41) is 0. The van der Waals surface area contributed by atoms with Gasteiger partial charge < -0.3 is 0 Å². The van der Waals surface area contributed by atoms with Crippen molar-refractivity contribution in [2.24, 2.45) is 0 Å². The Balaban J connectivity index is 1.93. The van der Waals surface area contributed by atoms with Crippen molar-refractivity contribution in [2.45, 2.75) is 37.1 Å². The minimum atomic E-state index is -3.69. The molecule has 2 aromatic carbocycles. The fourth-order valence-electron chi connectivity index (χ4n) is 2.93. The van der Waals surface area contributed by atoms with E-state index in [9.17, 15) is 8.42 Å². The van der Waals surface area contributed by atoms with E-state index in [1.165, 1.54) is 0 Å². The molecule has 27 heavy (non-hydrogen) atoms. The van der Waals surface area contributed by atoms with Crippen LogP contribution < -0.4 is 4.72 Å². The molecule has 0 radical (unpaired) electrons. The lowest BCUT2D eigenvalue weighted by Gasteiger charge is -2.19. The minimum absolute atomic E-state index is 0.256. The van der Waals surface area contributed by atoms with Gasteiger partial charge in [0.15, 0.2) is 0 Å². The molecule has 5 heteroatoms. The van der Waals surface area contributed by atoms with E-state index in [0.29, 0.717) is 11.6 Å². The Morgan fingerprint density at radius 3 is 2.15 bits per heavy atom. The molecule has 3 aromatic rings. The average molecular weight is 381 g/mol. The normalized spacial score (nSPS) is 13.9. The average Bonchev–Trinajstić information content (AvgIpc) is 2.73. The second-order valence-electron chi connectivity index (χ2n) is 6.60. The lowest BCUT2D eigenvalue weighted by Crippen LogP contribution is -2.30. The topological polar surface area (TPSA) is 59.1 Å². The predicted molar refractivity (Wildman–Crippen MR) is 108 cm³/mol. The van der Waals surface area contributed by atoms with Gasteiger partial charge in [0.2, 0.25) is 10.0 Å². The first-order valence-corrected chi connectivity index (χ1v) is 10.6. The number of benzene rings is 2. The smallest absolute Gasteiger partial charge is 0.241 e. The molecule has 1 aromatic heterocycles. The molecule has 0 aliphatic heterocycles. The van der Waals surface area contributed by atoms with Crippen LogP contribution >= 0.6 is 0 Å². The van der Waals surface area contributed by atoms with Crippen molar-refractivity contribution in [2.75, 3.05) is 0 Å². The van der Waals surface area contributed by atoms with Crippen molar-refractivity contribution in [1.29, 1.82) is 0 Å². The lowest BCUT2D eigenvalue weighted by molar-refractivity contribution is 0.570. The molecule has 2 atom stereocenters. The third kappa shape index (κ3) is 4.62. The van der Waals surface area contributed by atoms with Crippen LogP contribution in [0.15, 0.2) is 83.9 Å². The van der Waals surface area contributed by atoms with E-state index >= 15 is 0 Å². The molecule has 0 amide bonds. The Kier molecular flexibility index (Phi) is 6.04. The van der Waals surface area contributed by atoms with Crippen molar-refractivity contribution in [3.8, 4) is 0 Å². The molecular formula is C22H24N2O2S. The molecule has 0 saturated carbocycles. The SMILES string of the molecule is CC[C@@H](C)c1ccc(S(=O)(=O)N[C@H](c2ccccc2)c2ccccn2)cc1. The van der Waals surface area contributed by atoms with Crippen LogP contribution in [0.1, 0.15) is 49.0 Å². The quantitative estimate of drug-likeness (QED) is 0.648. The number of nitrogens with one attached hydrogen (secondary N) is 1. The number of nitrogens with zero attached hydrogens (tertiary/aromatic N) is 1. The summed E-state index contributed by atoms with van der Waals surface area (Å²) in [5.41, 5.74) is 2.64. The zero-order valence-corrected chi connectivity index (χ0v) is 16.4. The van der Waals surface area contributed by atoms with Gasteiger partial charge in [-0.25, -0.2) is 8.42 Å². The number of aromatic nitrogens is 1. The van der Waals surface area contributed by atoms with E-state index in [0.717, 1.165) is 17.5 Å². The molecule has 0 saturated heterocycles. The highest BCUT2D eigenvalue weighted by Gasteiger charge is 2.23. The van der Waals surface area contributed by atoms with Gasteiger partial charge in [0, 0.05) is 6.20 Å². The molecule has 0 fully saturated rings. The number of sulfonamides is 1. The van der Waals surface area contributed by atoms with Gasteiger partial charge in [-0.05, 0) is 47.7 Å². The Bertz CT molecular complexity index is 917. The number of hydrogen-bond donors (Lipinski definition) is 1. The summed E-state index contributed by atoms with van der Waals surface area (Å²) in [5.74, 6) is 0.403. The molecule has 0 unspecified atom stereocenters. The number of hydrogen-bond acceptors (Lipinski definition) is 3. The van der Waals surface area contributed by atoms with Crippen molar-refractivity contribution < 1.29 is 8.42 Å². The molecule has 1 N–H and O–H groups in total. The summed E-state index contributed by atoms with van der Waals surface area (Å²) < 4.78 is 28.8. The number of rotatable bonds is 7. The molecule has 140 valence electrons. The van der Waals surface area contributed by atoms with Crippen LogP contribution in [-0.2, 0) is 10.0 Å². The highest BCUT2D eigenvalue weighted by molar-refractivity contribution is 7.89. The highest BCUT2D eigenvalue weighted by atomic mass is 32.2. The minimum Gasteiger partial charge on any atom is -0.259 e. The fraction of sp³-hybridized carbons (Fsp3) is 0.227. The largest absolute Gasteiger partial charge is 0.259 e. The van der Waals surface area contributed by atoms with Crippen molar-refractivity contribution in [3.63, 3.8) is 0 Å². The van der Waals surface area contributed by atoms with Crippen LogP contribution in [0.5, 0.6) is 0 Å². The van der Waals surface area contributed by atoms with Crippen LogP contribution in [0.25, 0.3) is 0 Å². The van der Waals surface area contributed by atoms with Gasteiger partial charge in [0.25, 0.3) is 0 Å². The second-order valence-corrected chi connectivity index (χ2v) is 8.31. The molecule has 3 rings (SSSR count). The summed E-state index contributed by atoms with van der Waals surface area (Å²) >= 11 is 0. The van der Waals surface area contributed by atoms with Crippen LogP contribution in [0.4, 0.5) is 0 Å². The molecule has 4 nitrogen and oxygen atoms in total. The first kappa shape index (κ1) is 19.3. The lowest BCUT2D eigenvalue weighted by atomic mass is 9.99. The zero-order valence-electron chi connectivity index (χ0n) is 15.5. The highest BCUT2D eigenvalue weighted by Crippen LogP contribution is 2.24. The molecule has 0 aliphatic carbocycles. The molecule has 1 heterocycles. The summed E-state index contributed by atoms with van der Waals surface area (Å²) in [6, 6.07) is 21.5.